The van der Waals surface area contributed by atoms with Crippen molar-refractivity contribution in [3.8, 4) is 0 Å². The lowest BCUT2D eigenvalue weighted by Crippen LogP contribution is -2.17. The van der Waals surface area contributed by atoms with Crippen molar-refractivity contribution >= 4 is 50.6 Å². The minimum absolute atomic E-state index is 0.240. The smallest absolute Gasteiger partial charge is 0.262 e. The number of rotatable bonds is 4. The molecule has 0 fully saturated rings. The van der Waals surface area contributed by atoms with E-state index in [4.69, 9.17) is 34.8 Å². The van der Waals surface area contributed by atoms with Gasteiger partial charge >= 0.3 is 0 Å². The molecule has 100 valence electrons. The molecule has 0 aliphatic rings. The third-order valence-electron chi connectivity index (χ3n) is 1.71. The van der Waals surface area contributed by atoms with Gasteiger partial charge in [0.2, 0.25) is 3.79 Å². The maximum Gasteiger partial charge on any atom is 0.297 e. The first-order valence-electron chi connectivity index (χ1n) is 4.32. The molecule has 6 nitrogen and oxygen atoms in total. The molecule has 10 heteroatoms. The summed E-state index contributed by atoms with van der Waals surface area (Å²) in [5.74, 6) is 0. The second kappa shape index (κ2) is 5.58. The van der Waals surface area contributed by atoms with Crippen LogP contribution >= 0.6 is 34.8 Å². The van der Waals surface area contributed by atoms with Crippen molar-refractivity contribution in [2.75, 3.05) is 6.61 Å². The summed E-state index contributed by atoms with van der Waals surface area (Å²) in [6.45, 7) is -0.656. The van der Waals surface area contributed by atoms with Crippen LogP contribution in [0, 0.1) is 10.1 Å². The summed E-state index contributed by atoms with van der Waals surface area (Å²) >= 11 is 16.0. The highest BCUT2D eigenvalue weighted by Gasteiger charge is 2.25. The second-order valence-corrected chi connectivity index (χ2v) is 7.21. The summed E-state index contributed by atoms with van der Waals surface area (Å²) in [6, 6.07) is 4.13. The highest BCUT2D eigenvalue weighted by molar-refractivity contribution is 7.86. The summed E-state index contributed by atoms with van der Waals surface area (Å²) in [4.78, 5) is 9.48. The van der Waals surface area contributed by atoms with Gasteiger partial charge in [-0.25, -0.2) is 0 Å². The van der Waals surface area contributed by atoms with Crippen molar-refractivity contribution in [3.63, 3.8) is 0 Å². The Morgan fingerprint density at radius 3 is 2.11 bits per heavy atom. The first-order valence-corrected chi connectivity index (χ1v) is 6.87. The number of hydrogen-bond donors (Lipinski definition) is 0. The molecule has 0 amide bonds. The number of hydrogen-bond acceptors (Lipinski definition) is 5. The fourth-order valence-electron chi connectivity index (χ4n) is 0.947. The van der Waals surface area contributed by atoms with Crippen LogP contribution in [0.2, 0.25) is 0 Å². The van der Waals surface area contributed by atoms with Crippen LogP contribution in [-0.2, 0) is 14.3 Å². The largest absolute Gasteiger partial charge is 0.297 e. The van der Waals surface area contributed by atoms with Gasteiger partial charge in [-0.3, -0.25) is 14.3 Å². The van der Waals surface area contributed by atoms with Crippen LogP contribution in [0.5, 0.6) is 0 Å². The van der Waals surface area contributed by atoms with Crippen LogP contribution in [0.15, 0.2) is 29.2 Å². The van der Waals surface area contributed by atoms with Gasteiger partial charge in [0.1, 0.15) is 6.61 Å². The Kier molecular flexibility index (Phi) is 4.79. The van der Waals surface area contributed by atoms with Gasteiger partial charge in [0, 0.05) is 12.1 Å². The molecule has 1 aromatic rings. The number of non-ortho nitro benzene ring substituents is 1. The first-order chi connectivity index (χ1) is 8.12. The van der Waals surface area contributed by atoms with E-state index < -0.39 is 25.4 Å². The summed E-state index contributed by atoms with van der Waals surface area (Å²) in [5, 5.41) is 10.4. The normalized spacial score (nSPS) is 12.4. The van der Waals surface area contributed by atoms with Gasteiger partial charge in [0.15, 0.2) is 0 Å². The van der Waals surface area contributed by atoms with Gasteiger partial charge in [-0.15, -0.1) is 0 Å². The highest BCUT2D eigenvalue weighted by Crippen LogP contribution is 2.28. The van der Waals surface area contributed by atoms with Crippen molar-refractivity contribution in [1.82, 2.24) is 0 Å². The fourth-order valence-corrected chi connectivity index (χ4v) is 2.24. The lowest BCUT2D eigenvalue weighted by Gasteiger charge is -2.11. The topological polar surface area (TPSA) is 86.5 Å². The number of nitrogens with zero attached hydrogens (tertiary/aromatic N) is 1. The molecule has 0 N–H and O–H groups in total. The molecule has 0 aliphatic carbocycles. The molecule has 0 saturated carbocycles. The molecule has 0 radical (unpaired) electrons. The number of alkyl halides is 3. The van der Waals surface area contributed by atoms with Crippen LogP contribution in [0.25, 0.3) is 0 Å². The monoisotopic (exact) mass is 333 g/mol. The van der Waals surface area contributed by atoms with Crippen LogP contribution in [0.4, 0.5) is 5.69 Å². The second-order valence-electron chi connectivity index (χ2n) is 3.08. The number of halogens is 3. The zero-order valence-electron chi connectivity index (χ0n) is 8.55. The standard InChI is InChI=1S/C8H6Cl3NO5S/c9-8(10,11)5-17-18(15,16)7-3-1-6(2-4-7)12(13)14/h1-4H,5H2. The van der Waals surface area contributed by atoms with Crippen LogP contribution in [-0.4, -0.2) is 23.7 Å². The number of nitro groups is 1. The predicted octanol–water partition coefficient (Wildman–Crippen LogP) is 2.67. The molecule has 0 spiro atoms. The highest BCUT2D eigenvalue weighted by atomic mass is 35.6. The van der Waals surface area contributed by atoms with Gasteiger partial charge in [-0.2, -0.15) is 8.42 Å². The Morgan fingerprint density at radius 2 is 1.72 bits per heavy atom. The quantitative estimate of drug-likeness (QED) is 0.366. The fraction of sp³-hybridized carbons (Fsp3) is 0.250. The zero-order chi connectivity index (χ0) is 14.0. The molecule has 0 unspecified atom stereocenters. The number of benzene rings is 1. The molecule has 0 aliphatic heterocycles. The van der Waals surface area contributed by atoms with Crippen LogP contribution in [0.3, 0.4) is 0 Å². The van der Waals surface area contributed by atoms with E-state index in [1.807, 2.05) is 0 Å². The van der Waals surface area contributed by atoms with Crippen molar-refractivity contribution in [1.29, 1.82) is 0 Å². The molecule has 1 rings (SSSR count). The maximum absolute atomic E-state index is 11.6. The lowest BCUT2D eigenvalue weighted by molar-refractivity contribution is -0.384. The van der Waals surface area contributed by atoms with Gasteiger partial charge < -0.3 is 0 Å². The molecule has 0 heterocycles. The van der Waals surface area contributed by atoms with E-state index in [0.29, 0.717) is 0 Å². The van der Waals surface area contributed by atoms with Gasteiger partial charge in [-0.05, 0) is 12.1 Å². The molecule has 0 atom stereocenters. The van der Waals surface area contributed by atoms with E-state index in [1.54, 1.807) is 0 Å². The number of nitro benzene ring substituents is 1. The molecular formula is C8H6Cl3NO5S. The summed E-state index contributed by atoms with van der Waals surface area (Å²) < 4.78 is 25.8. The van der Waals surface area contributed by atoms with Crippen molar-refractivity contribution in [2.45, 2.75) is 8.69 Å². The molecule has 1 aromatic carbocycles. The first kappa shape index (κ1) is 15.5. The lowest BCUT2D eigenvalue weighted by atomic mass is 10.3. The van der Waals surface area contributed by atoms with E-state index in [1.165, 1.54) is 0 Å². The zero-order valence-corrected chi connectivity index (χ0v) is 11.6. The molecule has 0 bridgehead atoms. The summed E-state index contributed by atoms with van der Waals surface area (Å²) in [7, 11) is -4.11. The Morgan fingerprint density at radius 1 is 1.22 bits per heavy atom. The van der Waals surface area contributed by atoms with Crippen LogP contribution in [0.1, 0.15) is 0 Å². The Labute approximate surface area is 118 Å². The van der Waals surface area contributed by atoms with E-state index in [9.17, 15) is 18.5 Å². The third-order valence-corrected chi connectivity index (χ3v) is 3.32. The van der Waals surface area contributed by atoms with E-state index in [-0.39, 0.29) is 10.6 Å². The maximum atomic E-state index is 11.6. The third kappa shape index (κ3) is 4.58. The Hall–Kier alpha value is -0.600. The molecule has 0 saturated heterocycles. The molecule has 0 aromatic heterocycles. The van der Waals surface area contributed by atoms with Crippen molar-refractivity contribution < 1.29 is 17.5 Å². The van der Waals surface area contributed by atoms with Gasteiger partial charge in [0.25, 0.3) is 15.8 Å². The summed E-state index contributed by atoms with van der Waals surface area (Å²) in [6.07, 6.45) is 0. The van der Waals surface area contributed by atoms with Crippen LogP contribution < -0.4 is 0 Å². The average molecular weight is 335 g/mol. The van der Waals surface area contributed by atoms with E-state index in [2.05, 4.69) is 4.18 Å². The minimum Gasteiger partial charge on any atom is -0.262 e. The summed E-state index contributed by atoms with van der Waals surface area (Å²) in [5.41, 5.74) is -0.240. The van der Waals surface area contributed by atoms with Gasteiger partial charge in [0.05, 0.1) is 9.82 Å². The van der Waals surface area contributed by atoms with E-state index >= 15 is 0 Å². The van der Waals surface area contributed by atoms with Crippen molar-refractivity contribution in [3.05, 3.63) is 34.4 Å². The molecule has 18 heavy (non-hydrogen) atoms. The van der Waals surface area contributed by atoms with E-state index in [0.717, 1.165) is 24.3 Å². The Bertz CT molecular complexity index is 537. The Balaban J connectivity index is 2.89. The van der Waals surface area contributed by atoms with Gasteiger partial charge in [-0.1, -0.05) is 34.8 Å². The van der Waals surface area contributed by atoms with Crippen molar-refractivity contribution in [2.24, 2.45) is 0 Å². The molecular weight excluding hydrogens is 329 g/mol. The SMILES string of the molecule is O=[N+]([O-])c1ccc(S(=O)(=O)OCC(Cl)(Cl)Cl)cc1. The average Bonchev–Trinajstić information content (AvgIpc) is 2.26. The minimum atomic E-state index is -4.11. The predicted molar refractivity (Wildman–Crippen MR) is 66.5 cm³/mol.